The molecule has 0 aromatic heterocycles. The predicted molar refractivity (Wildman–Crippen MR) is 371 cm³/mol. The lowest BCUT2D eigenvalue weighted by Gasteiger charge is -2.42. The summed E-state index contributed by atoms with van der Waals surface area (Å²) in [5, 5.41) is 112. The van der Waals surface area contributed by atoms with Gasteiger partial charge >= 0.3 is 0 Å². The molecule has 0 aliphatic carbocycles. The average Bonchev–Trinajstić information content (AvgIpc) is 0.807. The van der Waals surface area contributed by atoms with Crippen LogP contribution in [0.2, 0.25) is 0 Å². The van der Waals surface area contributed by atoms with Gasteiger partial charge in [-0.15, -0.1) is 0 Å². The van der Waals surface area contributed by atoms with Gasteiger partial charge in [0.1, 0.15) is 105 Å². The molecule has 622 valence electrons. The summed E-state index contributed by atoms with van der Waals surface area (Å²) in [6, 6.07) is -5.42. The fourth-order valence-corrected chi connectivity index (χ4v) is 10.9. The molecule has 40 nitrogen and oxygen atoms in total. The number of nitrogens with one attached hydrogen (secondary N) is 8. The number of ether oxygens (including phenoxy) is 15. The molecular formula is C67H122N8O32. The molecule has 3 aliphatic rings. The van der Waals surface area contributed by atoms with Crippen LogP contribution in [0.15, 0.2) is 0 Å². The van der Waals surface area contributed by atoms with Crippen LogP contribution in [0.5, 0.6) is 0 Å². The van der Waals surface area contributed by atoms with Gasteiger partial charge in [-0.25, -0.2) is 0 Å². The van der Waals surface area contributed by atoms with Crippen molar-refractivity contribution in [2.24, 2.45) is 0 Å². The fraction of sp³-hybridized carbons (Fsp3) is 0.881. The van der Waals surface area contributed by atoms with Crippen molar-refractivity contribution < 1.29 is 155 Å². The van der Waals surface area contributed by atoms with Crippen LogP contribution < -0.4 is 42.5 Å². The zero-order valence-corrected chi connectivity index (χ0v) is 62.1. The number of amides is 8. The lowest BCUT2D eigenvalue weighted by molar-refractivity contribution is -0.272. The van der Waals surface area contributed by atoms with E-state index in [1.807, 2.05) is 0 Å². The van der Waals surface area contributed by atoms with Crippen molar-refractivity contribution in [1.29, 1.82) is 0 Å². The fourth-order valence-electron chi connectivity index (χ4n) is 10.9. The minimum absolute atomic E-state index is 0.00713. The maximum atomic E-state index is 14.2. The Kier molecular flexibility index (Phi) is 52.6. The summed E-state index contributed by atoms with van der Waals surface area (Å²) < 4.78 is 82.9. The highest BCUT2D eigenvalue weighted by molar-refractivity contribution is 5.92. The zero-order chi connectivity index (χ0) is 78.6. The van der Waals surface area contributed by atoms with Crippen LogP contribution in [0.25, 0.3) is 0 Å². The molecule has 0 spiro atoms. The molecule has 3 fully saturated rings. The van der Waals surface area contributed by atoms with E-state index in [9.17, 15) is 84.3 Å². The highest BCUT2D eigenvalue weighted by Gasteiger charge is 2.48. The number of rotatable bonds is 62. The summed E-state index contributed by atoms with van der Waals surface area (Å²) in [6.07, 6.45) is -9.02. The van der Waals surface area contributed by atoms with Gasteiger partial charge < -0.3 is 160 Å². The van der Waals surface area contributed by atoms with Crippen molar-refractivity contribution in [3.63, 3.8) is 0 Å². The number of carbonyl (C=O) groups excluding carboxylic acids is 8. The van der Waals surface area contributed by atoms with E-state index in [1.54, 1.807) is 0 Å². The van der Waals surface area contributed by atoms with Gasteiger partial charge in [0.25, 0.3) is 0 Å². The van der Waals surface area contributed by atoms with Crippen LogP contribution in [-0.4, -0.2) is 375 Å². The van der Waals surface area contributed by atoms with E-state index in [1.165, 1.54) is 20.8 Å². The molecule has 0 radical (unpaired) electrons. The summed E-state index contributed by atoms with van der Waals surface area (Å²) >= 11 is 0. The molecule has 3 saturated heterocycles. The van der Waals surface area contributed by atoms with E-state index in [-0.39, 0.29) is 164 Å². The van der Waals surface area contributed by atoms with Crippen molar-refractivity contribution in [2.75, 3.05) is 178 Å². The molecule has 0 bridgehead atoms. The highest BCUT2D eigenvalue weighted by atomic mass is 16.7. The third kappa shape index (κ3) is 41.1. The molecule has 1 unspecified atom stereocenters. The quantitative estimate of drug-likeness (QED) is 0.0252. The van der Waals surface area contributed by atoms with Crippen molar-refractivity contribution >= 4 is 47.3 Å². The highest BCUT2D eigenvalue weighted by Crippen LogP contribution is 2.25. The van der Waals surface area contributed by atoms with E-state index >= 15 is 0 Å². The van der Waals surface area contributed by atoms with Gasteiger partial charge in [-0.05, 0) is 44.9 Å². The Morgan fingerprint density at radius 2 is 0.626 bits per heavy atom. The number of aliphatic hydroxyl groups excluding tert-OH is 9. The number of carbonyl (C=O) groups is 8. The molecule has 8 amide bonds. The SMILES string of the molecule is CCCCCCCNC(=O)C(CCCCNC(=O)COCCOCCOCCO[C@@H]1O[C@H](CO)[C@H](O)[C@H](O)[C@H]1NC(C)=O)NC(=O)[C@H](CCCCNC(=O)COCCOCCOCCO[C@@H]1O[C@H](CO)[C@H](O)[C@H](O)[C@H]1NC(C)=O)NC(=O)COCCOCCOCCO[C@@H]1O[C@H](CO)[C@H](O)[C@H](O)[C@H]1NC(C)=O. The summed E-state index contributed by atoms with van der Waals surface area (Å²) in [5.74, 6) is -3.96. The maximum Gasteiger partial charge on any atom is 0.246 e. The van der Waals surface area contributed by atoms with E-state index in [2.05, 4.69) is 49.5 Å². The zero-order valence-electron chi connectivity index (χ0n) is 62.1. The lowest BCUT2D eigenvalue weighted by atomic mass is 9.97. The third-order valence-corrected chi connectivity index (χ3v) is 16.6. The molecule has 0 aromatic rings. The molecular weight excluding hydrogens is 1430 g/mol. The Hall–Kier alpha value is -5.20. The van der Waals surface area contributed by atoms with E-state index in [0.717, 1.165) is 32.1 Å². The first-order valence-corrected chi connectivity index (χ1v) is 36.7. The minimum Gasteiger partial charge on any atom is -0.394 e. The number of aliphatic hydroxyl groups is 9. The van der Waals surface area contributed by atoms with Crippen LogP contribution in [0.4, 0.5) is 0 Å². The Bertz CT molecular complexity index is 2440. The number of unbranched alkanes of at least 4 members (excludes halogenated alkanes) is 6. The van der Waals surface area contributed by atoms with Crippen LogP contribution in [0.3, 0.4) is 0 Å². The van der Waals surface area contributed by atoms with Crippen LogP contribution >= 0.6 is 0 Å². The molecule has 0 saturated carbocycles. The molecule has 40 heteroatoms. The first kappa shape index (κ1) is 96.0. The van der Waals surface area contributed by atoms with Gasteiger partial charge in [-0.2, -0.15) is 0 Å². The second-order valence-corrected chi connectivity index (χ2v) is 25.3. The lowest BCUT2D eigenvalue weighted by Crippen LogP contribution is -2.64. The predicted octanol–water partition coefficient (Wildman–Crippen LogP) is -7.35. The first-order valence-electron chi connectivity index (χ1n) is 36.7. The third-order valence-electron chi connectivity index (χ3n) is 16.6. The minimum atomic E-state index is -1.47. The molecule has 3 rings (SSSR count). The summed E-state index contributed by atoms with van der Waals surface area (Å²) in [4.78, 5) is 102. The van der Waals surface area contributed by atoms with Gasteiger partial charge in [0.2, 0.25) is 47.3 Å². The molecule has 3 aliphatic heterocycles. The normalized spacial score (nSPS) is 24.9. The Morgan fingerprint density at radius 3 is 0.953 bits per heavy atom. The largest absolute Gasteiger partial charge is 0.394 e. The van der Waals surface area contributed by atoms with Crippen molar-refractivity contribution in [1.82, 2.24) is 42.5 Å². The summed E-state index contributed by atoms with van der Waals surface area (Å²) in [5.41, 5.74) is 0. The standard InChI is InChI=1S/C67H122N8O32/c1-5-6-7-8-11-18-70-63(91)46(14-9-12-16-68-51(82)40-99-28-25-93-19-22-96-31-34-102-65-54(71-43(2)79)60(88)57(85)48(37-76)105-65)75-64(92)47(74-53(84)42-101-30-27-95-21-24-98-33-36-104-67-56(73-45(4)81)62(90)59(87)50(39-78)107-67)15-10-13-17-69-52(83)41-100-29-26-94-20-23-97-32-35-103-66-55(72-44(3)80)61(89)58(86)49(38-77)106-66/h46-50,54-62,65-67,76-78,85-90H,5-42H2,1-4H3,(H,68,82)(H,69,83)(H,70,91)(H,71,79)(H,72,80)(H,73,81)(H,74,84)(H,75,92)/t46?,47-,48+,49+,50+,54+,55+,56+,57-,58-,59-,60+,61+,62+,65+,66+,67+/m0/s1. The summed E-state index contributed by atoms with van der Waals surface area (Å²) in [7, 11) is 0. The summed E-state index contributed by atoms with van der Waals surface area (Å²) in [6.45, 7) is 5.50. The Morgan fingerprint density at radius 1 is 0.336 bits per heavy atom. The van der Waals surface area contributed by atoms with Crippen LogP contribution in [0, 0.1) is 0 Å². The van der Waals surface area contributed by atoms with Gasteiger partial charge in [0.15, 0.2) is 18.9 Å². The molecule has 17 N–H and O–H groups in total. The number of hydrogen-bond donors (Lipinski definition) is 17. The van der Waals surface area contributed by atoms with Crippen molar-refractivity contribution in [3.8, 4) is 0 Å². The van der Waals surface area contributed by atoms with Gasteiger partial charge in [0.05, 0.1) is 139 Å². The Balaban J connectivity index is 1.44. The van der Waals surface area contributed by atoms with Crippen LogP contribution in [0.1, 0.15) is 98.3 Å². The topological polar surface area (TPSA) is 553 Å². The van der Waals surface area contributed by atoms with Gasteiger partial charge in [-0.1, -0.05) is 32.6 Å². The molecule has 107 heavy (non-hydrogen) atoms. The van der Waals surface area contributed by atoms with Crippen molar-refractivity contribution in [2.45, 2.75) is 202 Å². The average molecular weight is 1550 g/mol. The van der Waals surface area contributed by atoms with Crippen molar-refractivity contribution in [3.05, 3.63) is 0 Å². The van der Waals surface area contributed by atoms with Gasteiger partial charge in [-0.3, -0.25) is 38.4 Å². The van der Waals surface area contributed by atoms with E-state index < -0.39 is 172 Å². The van der Waals surface area contributed by atoms with E-state index in [4.69, 9.17) is 71.1 Å². The number of hydrogen-bond acceptors (Lipinski definition) is 32. The maximum absolute atomic E-state index is 14.2. The van der Waals surface area contributed by atoms with Gasteiger partial charge in [0, 0.05) is 40.4 Å². The van der Waals surface area contributed by atoms with E-state index in [0.29, 0.717) is 32.2 Å². The molecule has 3 heterocycles. The van der Waals surface area contributed by atoms with Crippen LogP contribution in [-0.2, 0) is 109 Å². The molecule has 17 atom stereocenters. The second-order valence-electron chi connectivity index (χ2n) is 25.3. The molecule has 0 aromatic carbocycles. The first-order chi connectivity index (χ1) is 51.6. The monoisotopic (exact) mass is 1550 g/mol. The smallest absolute Gasteiger partial charge is 0.246 e. The Labute approximate surface area is 623 Å². The second kappa shape index (κ2) is 58.7.